The molecule has 2 saturated heterocycles. The summed E-state index contributed by atoms with van der Waals surface area (Å²) in [6, 6.07) is 44.7. The summed E-state index contributed by atoms with van der Waals surface area (Å²) in [7, 11) is -1.28. The van der Waals surface area contributed by atoms with Gasteiger partial charge in [0.25, 0.3) is 0 Å². The van der Waals surface area contributed by atoms with Gasteiger partial charge in [-0.3, -0.25) is 0 Å². The van der Waals surface area contributed by atoms with Crippen molar-refractivity contribution in [2.45, 2.75) is 48.3 Å². The van der Waals surface area contributed by atoms with Crippen LogP contribution in [0.4, 0.5) is 0 Å². The molecule has 0 amide bonds. The van der Waals surface area contributed by atoms with E-state index in [0.717, 1.165) is 0 Å². The van der Waals surface area contributed by atoms with Crippen molar-refractivity contribution in [3.8, 4) is 0 Å². The fourth-order valence-corrected chi connectivity index (χ4v) is 12.9. The lowest BCUT2D eigenvalue weighted by molar-refractivity contribution is 0.645. The largest absolute Gasteiger partial charge is 0.335 e. The molecule has 0 N–H and O–H groups in total. The predicted octanol–water partition coefficient (Wildman–Crippen LogP) is 10.3. The first-order valence-electron chi connectivity index (χ1n) is 12.8. The van der Waals surface area contributed by atoms with Crippen LogP contribution < -0.4 is 0 Å². The molecule has 4 atom stereocenters. The third kappa shape index (κ3) is 4.88. The van der Waals surface area contributed by atoms with Gasteiger partial charge in [0.1, 0.15) is 0 Å². The van der Waals surface area contributed by atoms with Crippen molar-refractivity contribution in [3.05, 3.63) is 144 Å². The molecule has 35 heavy (non-hydrogen) atoms. The van der Waals surface area contributed by atoms with E-state index in [0.29, 0.717) is 22.6 Å². The molecule has 176 valence electrons. The normalized spacial score (nSPS) is 25.1. The van der Waals surface area contributed by atoms with Crippen LogP contribution in [0.15, 0.2) is 121 Å². The molecule has 6 rings (SSSR count). The highest BCUT2D eigenvalue weighted by Crippen LogP contribution is 2.82. The van der Waals surface area contributed by atoms with Crippen molar-refractivity contribution in [1.82, 2.24) is 0 Å². The number of rotatable bonds is 6. The minimum atomic E-state index is -0.641. The van der Waals surface area contributed by atoms with Gasteiger partial charge in [-0.05, 0) is 47.9 Å². The molecule has 0 aliphatic carbocycles. The maximum Gasteiger partial charge on any atom is 0.0494 e. The van der Waals surface area contributed by atoms with Crippen LogP contribution in [0.2, 0.25) is 0 Å². The molecule has 0 spiro atoms. The Hall–Kier alpha value is -2.30. The molecule has 0 aromatic heterocycles. The Balaban J connectivity index is 1.39. The molecular formula is C32H32OP2. The van der Waals surface area contributed by atoms with Crippen LogP contribution in [-0.2, 0) is 4.31 Å². The second kappa shape index (κ2) is 10.8. The van der Waals surface area contributed by atoms with Gasteiger partial charge < -0.3 is 4.31 Å². The van der Waals surface area contributed by atoms with E-state index in [1.807, 2.05) is 0 Å². The van der Waals surface area contributed by atoms with Crippen molar-refractivity contribution in [1.29, 1.82) is 0 Å². The highest BCUT2D eigenvalue weighted by Gasteiger charge is 2.46. The van der Waals surface area contributed by atoms with E-state index in [9.17, 15) is 0 Å². The predicted molar refractivity (Wildman–Crippen MR) is 150 cm³/mol. The van der Waals surface area contributed by atoms with E-state index >= 15 is 0 Å². The van der Waals surface area contributed by atoms with Crippen LogP contribution in [0.1, 0.15) is 70.6 Å². The smallest absolute Gasteiger partial charge is 0.0494 e. The first-order valence-corrected chi connectivity index (χ1v) is 15.6. The van der Waals surface area contributed by atoms with Crippen LogP contribution in [0.3, 0.4) is 0 Å². The Morgan fingerprint density at radius 3 is 0.829 bits per heavy atom. The minimum Gasteiger partial charge on any atom is -0.335 e. The highest BCUT2D eigenvalue weighted by atomic mass is 31.2. The lowest BCUT2D eigenvalue weighted by Gasteiger charge is -2.34. The molecule has 2 aliphatic heterocycles. The van der Waals surface area contributed by atoms with Crippen LogP contribution >= 0.6 is 16.3 Å². The lowest BCUT2D eigenvalue weighted by atomic mass is 10.0. The summed E-state index contributed by atoms with van der Waals surface area (Å²) in [5.41, 5.74) is 7.86. The quantitative estimate of drug-likeness (QED) is 0.242. The Kier molecular flexibility index (Phi) is 7.11. The van der Waals surface area contributed by atoms with Crippen molar-refractivity contribution < 1.29 is 4.31 Å². The fraction of sp³-hybridized carbons (Fsp3) is 0.250. The number of benzene rings is 4. The molecule has 2 aliphatic rings. The first kappa shape index (κ1) is 23.1. The van der Waals surface area contributed by atoms with Crippen LogP contribution in [0, 0.1) is 0 Å². The fourth-order valence-electron chi connectivity index (χ4n) is 5.87. The van der Waals surface area contributed by atoms with Gasteiger partial charge in [-0.1, -0.05) is 121 Å². The summed E-state index contributed by atoms with van der Waals surface area (Å²) < 4.78 is 7.57. The lowest BCUT2D eigenvalue weighted by Crippen LogP contribution is -2.01. The molecule has 0 saturated carbocycles. The molecule has 3 heteroatoms. The van der Waals surface area contributed by atoms with Crippen LogP contribution in [-0.4, -0.2) is 0 Å². The number of hydrogen-bond donors (Lipinski definition) is 0. The SMILES string of the molecule is c1ccc([C@@H]2CC[C@@H](c3ccccc3)P2OP2[C@H](c3ccccc3)CC[C@H]2c2ccccc2)cc1. The van der Waals surface area contributed by atoms with Crippen molar-refractivity contribution in [3.63, 3.8) is 0 Å². The average Bonchev–Trinajstić information content (AvgIpc) is 3.55. The average molecular weight is 495 g/mol. The van der Waals surface area contributed by atoms with Gasteiger partial charge in [-0.2, -0.15) is 0 Å². The second-order valence-corrected chi connectivity index (χ2v) is 14.2. The molecule has 4 aromatic carbocycles. The van der Waals surface area contributed by atoms with Gasteiger partial charge >= 0.3 is 0 Å². The van der Waals surface area contributed by atoms with Crippen LogP contribution in [0.25, 0.3) is 0 Å². The molecule has 2 heterocycles. The number of hydrogen-bond acceptors (Lipinski definition) is 1. The van der Waals surface area contributed by atoms with E-state index in [4.69, 9.17) is 4.31 Å². The van der Waals surface area contributed by atoms with Gasteiger partial charge in [-0.25, -0.2) is 0 Å². The second-order valence-electron chi connectivity index (χ2n) is 9.66. The molecule has 0 radical (unpaired) electrons. The van der Waals surface area contributed by atoms with E-state index in [-0.39, 0.29) is 0 Å². The third-order valence-electron chi connectivity index (χ3n) is 7.58. The summed E-state index contributed by atoms with van der Waals surface area (Å²) in [4.78, 5) is 0. The summed E-state index contributed by atoms with van der Waals surface area (Å²) in [5, 5.41) is 0. The molecular weight excluding hydrogens is 462 g/mol. The summed E-state index contributed by atoms with van der Waals surface area (Å²) in [6.45, 7) is 0. The Bertz CT molecular complexity index is 1010. The zero-order valence-corrected chi connectivity index (χ0v) is 21.8. The Labute approximate surface area is 212 Å². The summed E-state index contributed by atoms with van der Waals surface area (Å²) >= 11 is 0. The zero-order chi connectivity index (χ0) is 23.5. The molecule has 4 aromatic rings. The minimum absolute atomic E-state index is 0.507. The first-order chi connectivity index (χ1) is 17.4. The standard InChI is InChI=1S/C32H32OP2/c1-5-13-25(14-6-1)29-21-22-30(26-15-7-2-8-16-26)34(29)33-35-31(27-17-9-3-10-18-27)23-24-32(35)28-19-11-4-12-20-28/h1-20,29-32H,21-24H2/t29-,30-,31-,32-/m0/s1. The maximum atomic E-state index is 7.57. The van der Waals surface area contributed by atoms with Gasteiger partial charge in [0.05, 0.1) is 0 Å². The Morgan fingerprint density at radius 1 is 0.371 bits per heavy atom. The van der Waals surface area contributed by atoms with Gasteiger partial charge in [0, 0.05) is 38.9 Å². The van der Waals surface area contributed by atoms with Gasteiger partial charge in [0.2, 0.25) is 0 Å². The topological polar surface area (TPSA) is 9.23 Å². The van der Waals surface area contributed by atoms with E-state index in [1.165, 1.54) is 47.9 Å². The maximum absolute atomic E-state index is 7.57. The monoisotopic (exact) mass is 494 g/mol. The van der Waals surface area contributed by atoms with Crippen molar-refractivity contribution in [2.75, 3.05) is 0 Å². The van der Waals surface area contributed by atoms with E-state index in [2.05, 4.69) is 121 Å². The Morgan fingerprint density at radius 2 is 0.600 bits per heavy atom. The third-order valence-corrected chi connectivity index (χ3v) is 13.8. The van der Waals surface area contributed by atoms with Gasteiger partial charge in [-0.15, -0.1) is 0 Å². The van der Waals surface area contributed by atoms with E-state index < -0.39 is 16.3 Å². The van der Waals surface area contributed by atoms with Crippen molar-refractivity contribution >= 4 is 16.3 Å². The van der Waals surface area contributed by atoms with E-state index in [1.54, 1.807) is 0 Å². The van der Waals surface area contributed by atoms with Crippen LogP contribution in [0.5, 0.6) is 0 Å². The van der Waals surface area contributed by atoms with Crippen molar-refractivity contribution in [2.24, 2.45) is 0 Å². The molecule has 2 fully saturated rings. The van der Waals surface area contributed by atoms with Gasteiger partial charge in [0.15, 0.2) is 0 Å². The summed E-state index contributed by atoms with van der Waals surface area (Å²) in [6.07, 6.45) is 4.85. The molecule has 1 nitrogen and oxygen atoms in total. The molecule has 0 unspecified atom stereocenters. The highest BCUT2D eigenvalue weighted by molar-refractivity contribution is 7.66. The molecule has 0 bridgehead atoms. The zero-order valence-electron chi connectivity index (χ0n) is 20.0. The summed E-state index contributed by atoms with van der Waals surface area (Å²) in [5.74, 6) is 0.